The molecule has 2 aromatic rings. The Morgan fingerprint density at radius 2 is 2.00 bits per heavy atom. The Morgan fingerprint density at radius 3 is 2.71 bits per heavy atom. The molecule has 0 atom stereocenters. The standard InChI is InChI=1S/C24H33N5O4S/c1-5-32-21(30)14-20-17-34-22(26-20)27-25-15-18-7-6-8-19(13-18)16-28-9-11-29(12-10-28)23(31)33-24(2,3)4/h6-8,13,15,17H,5,9-12,14,16H2,1-4H3,(H,26,27). The molecule has 3 rings (SSSR count). The number of thiazole rings is 1. The van der Waals surface area contributed by atoms with Crippen LogP contribution in [0.1, 0.15) is 44.5 Å². The summed E-state index contributed by atoms with van der Waals surface area (Å²) in [5.41, 5.74) is 5.26. The number of rotatable bonds is 8. The molecule has 2 heterocycles. The van der Waals surface area contributed by atoms with E-state index in [1.54, 1.807) is 18.0 Å². The third kappa shape index (κ3) is 8.42. The summed E-state index contributed by atoms with van der Waals surface area (Å²) in [6, 6.07) is 8.19. The Balaban J connectivity index is 1.46. The van der Waals surface area contributed by atoms with Crippen LogP contribution in [0, 0.1) is 0 Å². The van der Waals surface area contributed by atoms with Crippen molar-refractivity contribution in [3.8, 4) is 0 Å². The lowest BCUT2D eigenvalue weighted by molar-refractivity contribution is -0.142. The Labute approximate surface area is 204 Å². The zero-order valence-corrected chi connectivity index (χ0v) is 21.1. The molecule has 1 aliphatic rings. The monoisotopic (exact) mass is 487 g/mol. The molecule has 34 heavy (non-hydrogen) atoms. The summed E-state index contributed by atoms with van der Waals surface area (Å²) in [7, 11) is 0. The van der Waals surface area contributed by atoms with Gasteiger partial charge in [0.1, 0.15) is 5.60 Å². The number of benzene rings is 1. The number of hydrazone groups is 1. The Kier molecular flexibility index (Phi) is 9.00. The van der Waals surface area contributed by atoms with E-state index in [4.69, 9.17) is 9.47 Å². The normalized spacial score (nSPS) is 14.9. The van der Waals surface area contributed by atoms with Crippen LogP contribution < -0.4 is 5.43 Å². The fourth-order valence-corrected chi connectivity index (χ4v) is 4.07. The van der Waals surface area contributed by atoms with Gasteiger partial charge in [-0.25, -0.2) is 9.78 Å². The number of nitrogens with one attached hydrogen (secondary N) is 1. The van der Waals surface area contributed by atoms with Crippen molar-refractivity contribution in [1.29, 1.82) is 0 Å². The van der Waals surface area contributed by atoms with E-state index in [0.29, 0.717) is 30.5 Å². The molecule has 1 aliphatic heterocycles. The molecule has 184 valence electrons. The van der Waals surface area contributed by atoms with E-state index < -0.39 is 5.60 Å². The van der Waals surface area contributed by atoms with E-state index in [0.717, 1.165) is 25.2 Å². The topological polar surface area (TPSA) is 96.4 Å². The number of nitrogens with zero attached hydrogens (tertiary/aromatic N) is 4. The molecule has 0 unspecified atom stereocenters. The van der Waals surface area contributed by atoms with E-state index >= 15 is 0 Å². The number of esters is 1. The number of piperazine rings is 1. The van der Waals surface area contributed by atoms with E-state index in [9.17, 15) is 9.59 Å². The van der Waals surface area contributed by atoms with Crippen LogP contribution >= 0.6 is 11.3 Å². The van der Waals surface area contributed by atoms with Gasteiger partial charge in [0, 0.05) is 38.1 Å². The van der Waals surface area contributed by atoms with Crippen LogP contribution in [-0.2, 0) is 27.2 Å². The van der Waals surface area contributed by atoms with Gasteiger partial charge < -0.3 is 14.4 Å². The molecule has 0 bridgehead atoms. The Bertz CT molecular complexity index is 993. The lowest BCUT2D eigenvalue weighted by Gasteiger charge is -2.35. The van der Waals surface area contributed by atoms with Crippen LogP contribution in [0.3, 0.4) is 0 Å². The number of hydrogen-bond acceptors (Lipinski definition) is 9. The summed E-state index contributed by atoms with van der Waals surface area (Å²) >= 11 is 1.39. The predicted octanol–water partition coefficient (Wildman–Crippen LogP) is 3.75. The maximum Gasteiger partial charge on any atom is 0.410 e. The van der Waals surface area contributed by atoms with Crippen LogP contribution in [0.4, 0.5) is 9.93 Å². The van der Waals surface area contributed by atoms with Crippen molar-refractivity contribution in [2.45, 2.75) is 46.3 Å². The zero-order valence-electron chi connectivity index (χ0n) is 20.2. The van der Waals surface area contributed by atoms with Gasteiger partial charge in [-0.3, -0.25) is 15.1 Å². The van der Waals surface area contributed by atoms with Gasteiger partial charge in [0.2, 0.25) is 5.13 Å². The van der Waals surface area contributed by atoms with Gasteiger partial charge in [-0.05, 0) is 44.9 Å². The maximum atomic E-state index is 12.2. The highest BCUT2D eigenvalue weighted by atomic mass is 32.1. The second-order valence-corrected chi connectivity index (χ2v) is 9.84. The third-order valence-corrected chi connectivity index (χ3v) is 5.73. The minimum Gasteiger partial charge on any atom is -0.466 e. The van der Waals surface area contributed by atoms with Crippen LogP contribution in [0.15, 0.2) is 34.7 Å². The van der Waals surface area contributed by atoms with Crippen LogP contribution in [0.5, 0.6) is 0 Å². The smallest absolute Gasteiger partial charge is 0.410 e. The number of anilines is 1. The molecule has 1 saturated heterocycles. The van der Waals surface area contributed by atoms with Crippen molar-refractivity contribution in [2.24, 2.45) is 5.10 Å². The van der Waals surface area contributed by atoms with Crippen LogP contribution in [-0.4, -0.2) is 71.4 Å². The fraction of sp³-hybridized carbons (Fsp3) is 0.500. The lowest BCUT2D eigenvalue weighted by atomic mass is 10.1. The average Bonchev–Trinajstić information content (AvgIpc) is 3.20. The highest BCUT2D eigenvalue weighted by molar-refractivity contribution is 7.13. The minimum absolute atomic E-state index is 0.157. The van der Waals surface area contributed by atoms with Crippen molar-refractivity contribution in [3.63, 3.8) is 0 Å². The first-order valence-electron chi connectivity index (χ1n) is 11.4. The predicted molar refractivity (Wildman–Crippen MR) is 133 cm³/mol. The van der Waals surface area contributed by atoms with Gasteiger partial charge in [-0.1, -0.05) is 18.2 Å². The number of hydrogen-bond donors (Lipinski definition) is 1. The maximum absolute atomic E-state index is 12.2. The van der Waals surface area contributed by atoms with Gasteiger partial charge in [0.05, 0.1) is 24.9 Å². The SMILES string of the molecule is CCOC(=O)Cc1csc(NN=Cc2cccc(CN3CCN(C(=O)OC(C)(C)C)CC3)c2)n1. The van der Waals surface area contributed by atoms with Crippen LogP contribution in [0.2, 0.25) is 0 Å². The summed E-state index contributed by atoms with van der Waals surface area (Å²) in [5.74, 6) is -0.286. The van der Waals surface area contributed by atoms with Gasteiger partial charge in [0.25, 0.3) is 0 Å². The molecule has 0 aliphatic carbocycles. The highest BCUT2D eigenvalue weighted by Crippen LogP contribution is 2.17. The molecular weight excluding hydrogens is 454 g/mol. The largest absolute Gasteiger partial charge is 0.466 e. The summed E-state index contributed by atoms with van der Waals surface area (Å²) in [4.78, 5) is 32.2. The van der Waals surface area contributed by atoms with Crippen molar-refractivity contribution >= 4 is 34.7 Å². The lowest BCUT2D eigenvalue weighted by Crippen LogP contribution is -2.49. The molecular formula is C24H33N5O4S. The molecule has 10 heteroatoms. The fourth-order valence-electron chi connectivity index (χ4n) is 3.41. The Morgan fingerprint density at radius 1 is 1.24 bits per heavy atom. The summed E-state index contributed by atoms with van der Waals surface area (Å²) in [5, 5.41) is 6.71. The first-order chi connectivity index (χ1) is 16.2. The van der Waals surface area contributed by atoms with Gasteiger partial charge >= 0.3 is 12.1 Å². The number of carbonyl (C=O) groups is 2. The molecule has 0 radical (unpaired) electrons. The second kappa shape index (κ2) is 11.9. The number of aromatic nitrogens is 1. The molecule has 0 spiro atoms. The average molecular weight is 488 g/mol. The zero-order chi connectivity index (χ0) is 24.6. The molecule has 9 nitrogen and oxygen atoms in total. The van der Waals surface area contributed by atoms with E-state index in [-0.39, 0.29) is 18.5 Å². The molecule has 1 aromatic heterocycles. The summed E-state index contributed by atoms with van der Waals surface area (Å²) < 4.78 is 10.4. The molecule has 1 amide bonds. The molecule has 1 N–H and O–H groups in total. The number of carbonyl (C=O) groups excluding carboxylic acids is 2. The minimum atomic E-state index is -0.477. The van der Waals surface area contributed by atoms with Crippen LogP contribution in [0.25, 0.3) is 0 Å². The molecule has 0 saturated carbocycles. The first kappa shape index (κ1) is 25.6. The van der Waals surface area contributed by atoms with Crippen molar-refractivity contribution in [1.82, 2.24) is 14.8 Å². The summed E-state index contributed by atoms with van der Waals surface area (Å²) in [6.45, 7) is 11.5. The van der Waals surface area contributed by atoms with Crippen molar-refractivity contribution in [2.75, 3.05) is 38.2 Å². The second-order valence-electron chi connectivity index (χ2n) is 8.98. The summed E-state index contributed by atoms with van der Waals surface area (Å²) in [6.07, 6.45) is 1.66. The van der Waals surface area contributed by atoms with E-state index in [1.165, 1.54) is 16.9 Å². The van der Waals surface area contributed by atoms with Gasteiger partial charge in [0.15, 0.2) is 0 Å². The third-order valence-electron chi connectivity index (χ3n) is 4.94. The first-order valence-corrected chi connectivity index (χ1v) is 12.3. The molecule has 1 aromatic carbocycles. The van der Waals surface area contributed by atoms with Crippen molar-refractivity contribution < 1.29 is 19.1 Å². The highest BCUT2D eigenvalue weighted by Gasteiger charge is 2.25. The van der Waals surface area contributed by atoms with Crippen molar-refractivity contribution in [3.05, 3.63) is 46.5 Å². The van der Waals surface area contributed by atoms with Gasteiger partial charge in [-0.2, -0.15) is 5.10 Å². The molecule has 1 fully saturated rings. The van der Waals surface area contributed by atoms with E-state index in [1.807, 2.05) is 38.3 Å². The number of amides is 1. The Hall–Kier alpha value is -2.98. The van der Waals surface area contributed by atoms with Gasteiger partial charge in [-0.15, -0.1) is 11.3 Å². The number of ether oxygens (including phenoxy) is 2. The quantitative estimate of drug-likeness (QED) is 0.344. The van der Waals surface area contributed by atoms with E-state index in [2.05, 4.69) is 32.5 Å².